The molecule has 0 aromatic carbocycles. The number of allylic oxidation sites excluding steroid dienone is 1. The molecule has 7 heteroatoms. The van der Waals surface area contributed by atoms with Gasteiger partial charge in [-0.15, -0.1) is 11.3 Å². The van der Waals surface area contributed by atoms with Gasteiger partial charge in [-0.3, -0.25) is 4.79 Å². The van der Waals surface area contributed by atoms with E-state index in [1.807, 2.05) is 22.4 Å². The van der Waals surface area contributed by atoms with Crippen molar-refractivity contribution in [2.45, 2.75) is 19.9 Å². The van der Waals surface area contributed by atoms with Crippen LogP contribution in [0.2, 0.25) is 0 Å². The van der Waals surface area contributed by atoms with Gasteiger partial charge in [-0.25, -0.2) is 9.79 Å². The van der Waals surface area contributed by atoms with Gasteiger partial charge >= 0.3 is 5.97 Å². The van der Waals surface area contributed by atoms with E-state index in [4.69, 9.17) is 4.74 Å². The van der Waals surface area contributed by atoms with E-state index in [0.717, 1.165) is 16.6 Å². The number of thiophene rings is 1. The van der Waals surface area contributed by atoms with Gasteiger partial charge < -0.3 is 9.64 Å². The number of esters is 1. The highest BCUT2D eigenvalue weighted by Gasteiger charge is 2.42. The maximum Gasteiger partial charge on any atom is 0.338 e. The van der Waals surface area contributed by atoms with Crippen LogP contribution >= 0.6 is 23.1 Å². The summed E-state index contributed by atoms with van der Waals surface area (Å²) in [6.45, 7) is 4.15. The van der Waals surface area contributed by atoms with E-state index >= 15 is 0 Å². The second-order valence-corrected chi connectivity index (χ2v) is 6.64. The summed E-state index contributed by atoms with van der Waals surface area (Å²) >= 11 is 2.70. The lowest BCUT2D eigenvalue weighted by Gasteiger charge is -2.32. The molecular weight excluding hydrogens is 308 g/mol. The first kappa shape index (κ1) is 14.3. The van der Waals surface area contributed by atoms with E-state index in [-0.39, 0.29) is 23.7 Å². The highest BCUT2D eigenvalue weighted by atomic mass is 32.2. The summed E-state index contributed by atoms with van der Waals surface area (Å²) in [6.07, 6.45) is 0. The molecule has 3 rings (SSSR count). The summed E-state index contributed by atoms with van der Waals surface area (Å²) in [5.41, 5.74) is 1.15. The Morgan fingerprint density at radius 1 is 1.57 bits per heavy atom. The third-order valence-corrected chi connectivity index (χ3v) is 5.09. The minimum Gasteiger partial charge on any atom is -0.463 e. The molecule has 1 atom stereocenters. The van der Waals surface area contributed by atoms with Crippen molar-refractivity contribution in [1.82, 2.24) is 4.90 Å². The molecule has 1 unspecified atom stereocenters. The topological polar surface area (TPSA) is 59.0 Å². The molecule has 1 aromatic heterocycles. The third kappa shape index (κ3) is 2.51. The first-order chi connectivity index (χ1) is 10.1. The van der Waals surface area contributed by atoms with Crippen LogP contribution in [0.1, 0.15) is 24.8 Å². The van der Waals surface area contributed by atoms with Gasteiger partial charge in [0, 0.05) is 4.88 Å². The van der Waals surface area contributed by atoms with E-state index < -0.39 is 0 Å². The quantitative estimate of drug-likeness (QED) is 0.801. The van der Waals surface area contributed by atoms with Gasteiger partial charge in [0.25, 0.3) is 0 Å². The molecule has 2 aliphatic heterocycles. The van der Waals surface area contributed by atoms with Gasteiger partial charge in [-0.2, -0.15) is 0 Å². The first-order valence-corrected chi connectivity index (χ1v) is 8.28. The Morgan fingerprint density at radius 3 is 3.05 bits per heavy atom. The number of amidine groups is 1. The Hall–Kier alpha value is -1.60. The average molecular weight is 322 g/mol. The highest BCUT2D eigenvalue weighted by Crippen LogP contribution is 2.42. The zero-order chi connectivity index (χ0) is 15.0. The first-order valence-electron chi connectivity index (χ1n) is 6.59. The lowest BCUT2D eigenvalue weighted by atomic mass is 10.0. The predicted molar refractivity (Wildman–Crippen MR) is 83.1 cm³/mol. The normalized spacial score (nSPS) is 21.4. The number of rotatable bonds is 3. The molecule has 1 fully saturated rings. The van der Waals surface area contributed by atoms with Crippen molar-refractivity contribution in [3.63, 3.8) is 0 Å². The maximum absolute atomic E-state index is 12.3. The smallest absolute Gasteiger partial charge is 0.338 e. The van der Waals surface area contributed by atoms with Crippen LogP contribution in [0.5, 0.6) is 0 Å². The van der Waals surface area contributed by atoms with Crippen LogP contribution in [0.4, 0.5) is 0 Å². The molecular formula is C14H14N2O3S2. The highest BCUT2D eigenvalue weighted by molar-refractivity contribution is 8.26. The molecule has 1 aromatic rings. The van der Waals surface area contributed by atoms with Crippen LogP contribution in [0.3, 0.4) is 0 Å². The molecule has 0 bridgehead atoms. The summed E-state index contributed by atoms with van der Waals surface area (Å²) in [7, 11) is 0. The molecule has 0 N–H and O–H groups in total. The summed E-state index contributed by atoms with van der Waals surface area (Å²) in [6, 6.07) is 3.63. The SMILES string of the molecule is CCOC(=O)C1=C(C)N=C2SC(=O)CN2C1c1cccs1. The Bertz CT molecular complexity index is 649. The van der Waals surface area contributed by atoms with Crippen LogP contribution in [-0.4, -0.2) is 34.3 Å². The fourth-order valence-corrected chi connectivity index (χ4v) is 4.18. The second-order valence-electron chi connectivity index (χ2n) is 4.63. The van der Waals surface area contributed by atoms with Crippen LogP contribution in [0.25, 0.3) is 0 Å². The largest absolute Gasteiger partial charge is 0.463 e. The number of thioether (sulfide) groups is 1. The van der Waals surface area contributed by atoms with Crippen molar-refractivity contribution in [1.29, 1.82) is 0 Å². The summed E-state index contributed by atoms with van der Waals surface area (Å²) in [4.78, 5) is 31.4. The van der Waals surface area contributed by atoms with Crippen LogP contribution < -0.4 is 0 Å². The van der Waals surface area contributed by atoms with Crippen molar-refractivity contribution in [2.75, 3.05) is 13.2 Å². The Balaban J connectivity index is 2.08. The lowest BCUT2D eigenvalue weighted by Crippen LogP contribution is -2.36. The monoisotopic (exact) mass is 322 g/mol. The fourth-order valence-electron chi connectivity index (χ4n) is 2.46. The minimum absolute atomic E-state index is 0.0493. The molecule has 1 saturated heterocycles. The Morgan fingerprint density at radius 2 is 2.38 bits per heavy atom. The second kappa shape index (κ2) is 5.65. The van der Waals surface area contributed by atoms with Crippen molar-refractivity contribution in [3.8, 4) is 0 Å². The standard InChI is InChI=1S/C14H14N2O3S2/c1-3-19-13(18)11-8(2)15-14-16(7-10(17)21-14)12(11)9-5-4-6-20-9/h4-6,12H,3,7H2,1-2H3. The molecule has 21 heavy (non-hydrogen) atoms. The Kier molecular flexibility index (Phi) is 3.86. The maximum atomic E-state index is 12.3. The number of fused-ring (bicyclic) bond motifs is 1. The van der Waals surface area contributed by atoms with Gasteiger partial charge in [0.15, 0.2) is 5.17 Å². The number of ether oxygens (including phenoxy) is 1. The number of nitrogens with zero attached hydrogens (tertiary/aromatic N) is 2. The molecule has 0 radical (unpaired) electrons. The van der Waals surface area contributed by atoms with Gasteiger partial charge in [0.1, 0.15) is 6.04 Å². The minimum atomic E-state index is -0.361. The number of carbonyl (C=O) groups excluding carboxylic acids is 2. The molecule has 0 amide bonds. The van der Waals surface area contributed by atoms with Gasteiger partial charge in [0.05, 0.1) is 24.4 Å². The van der Waals surface area contributed by atoms with Crippen molar-refractivity contribution < 1.29 is 14.3 Å². The van der Waals surface area contributed by atoms with Crippen molar-refractivity contribution in [3.05, 3.63) is 33.7 Å². The number of hydrogen-bond donors (Lipinski definition) is 0. The predicted octanol–water partition coefficient (Wildman–Crippen LogP) is 2.57. The summed E-state index contributed by atoms with van der Waals surface area (Å²) < 4.78 is 5.18. The van der Waals surface area contributed by atoms with E-state index in [2.05, 4.69) is 4.99 Å². The number of hydrogen-bond acceptors (Lipinski definition) is 7. The van der Waals surface area contributed by atoms with E-state index in [1.165, 1.54) is 0 Å². The zero-order valence-corrected chi connectivity index (χ0v) is 13.3. The summed E-state index contributed by atoms with van der Waals surface area (Å²) in [5.74, 6) is -0.361. The third-order valence-electron chi connectivity index (χ3n) is 3.30. The number of aliphatic imine (C=N–C) groups is 1. The van der Waals surface area contributed by atoms with Crippen molar-refractivity contribution >= 4 is 39.4 Å². The molecule has 0 aliphatic carbocycles. The van der Waals surface area contributed by atoms with Gasteiger partial charge in [-0.1, -0.05) is 6.07 Å². The molecule has 0 saturated carbocycles. The van der Waals surface area contributed by atoms with Gasteiger partial charge in [0.2, 0.25) is 5.12 Å². The Labute approximate surface area is 130 Å². The number of carbonyl (C=O) groups is 2. The van der Waals surface area contributed by atoms with Gasteiger partial charge in [-0.05, 0) is 37.1 Å². The van der Waals surface area contributed by atoms with Crippen LogP contribution in [0, 0.1) is 0 Å². The fraction of sp³-hybridized carbons (Fsp3) is 0.357. The lowest BCUT2D eigenvalue weighted by molar-refractivity contribution is -0.139. The molecule has 5 nitrogen and oxygen atoms in total. The molecule has 2 aliphatic rings. The molecule has 0 spiro atoms. The van der Waals surface area contributed by atoms with Crippen molar-refractivity contribution in [2.24, 2.45) is 4.99 Å². The zero-order valence-electron chi connectivity index (χ0n) is 11.7. The van der Waals surface area contributed by atoms with E-state index in [1.54, 1.807) is 25.2 Å². The molecule has 3 heterocycles. The van der Waals surface area contributed by atoms with E-state index in [0.29, 0.717) is 23.0 Å². The van der Waals surface area contributed by atoms with Crippen LogP contribution in [0.15, 0.2) is 33.8 Å². The average Bonchev–Trinajstić information content (AvgIpc) is 3.05. The molecule has 110 valence electrons. The van der Waals surface area contributed by atoms with Crippen LogP contribution in [-0.2, 0) is 14.3 Å². The summed E-state index contributed by atoms with van der Waals surface area (Å²) in [5, 5.41) is 2.68. The van der Waals surface area contributed by atoms with E-state index in [9.17, 15) is 9.59 Å².